The summed E-state index contributed by atoms with van der Waals surface area (Å²) in [6.45, 7) is 2.33. The Morgan fingerprint density at radius 1 is 1.03 bits per heavy atom. The van der Waals surface area contributed by atoms with Crippen LogP contribution in [-0.2, 0) is 14.3 Å². The fourth-order valence-corrected chi connectivity index (χ4v) is 3.58. The summed E-state index contributed by atoms with van der Waals surface area (Å²) >= 11 is 0. The van der Waals surface area contributed by atoms with Crippen LogP contribution < -0.4 is 9.47 Å². The maximum Gasteiger partial charge on any atom is 0.295 e. The van der Waals surface area contributed by atoms with Crippen LogP contribution in [0.4, 0.5) is 0 Å². The van der Waals surface area contributed by atoms with Crippen molar-refractivity contribution in [1.82, 2.24) is 4.90 Å². The maximum absolute atomic E-state index is 13.0. The zero-order chi connectivity index (χ0) is 21.8. The van der Waals surface area contributed by atoms with Gasteiger partial charge in [0.1, 0.15) is 17.3 Å². The van der Waals surface area contributed by atoms with Gasteiger partial charge in [0, 0.05) is 13.7 Å². The molecule has 1 saturated heterocycles. The van der Waals surface area contributed by atoms with Gasteiger partial charge in [-0.3, -0.25) is 9.59 Å². The molecule has 158 valence electrons. The number of aliphatic hydroxyl groups is 1. The van der Waals surface area contributed by atoms with E-state index in [9.17, 15) is 14.7 Å². The molecule has 0 aromatic heterocycles. The molecule has 30 heavy (non-hydrogen) atoms. The van der Waals surface area contributed by atoms with Crippen LogP contribution in [0.3, 0.4) is 0 Å². The van der Waals surface area contributed by atoms with Gasteiger partial charge in [0.05, 0.1) is 38.0 Å². The minimum atomic E-state index is -0.753. The lowest BCUT2D eigenvalue weighted by atomic mass is 9.94. The van der Waals surface area contributed by atoms with Crippen LogP contribution in [0.5, 0.6) is 11.5 Å². The van der Waals surface area contributed by atoms with Crippen molar-refractivity contribution in [2.75, 3.05) is 34.5 Å². The fourth-order valence-electron chi connectivity index (χ4n) is 3.58. The Balaban J connectivity index is 2.20. The molecule has 1 aliphatic rings. The van der Waals surface area contributed by atoms with Gasteiger partial charge in [0.2, 0.25) is 0 Å². The zero-order valence-electron chi connectivity index (χ0n) is 17.5. The number of amides is 1. The third-order valence-electron chi connectivity index (χ3n) is 5.12. The molecule has 0 radical (unpaired) electrons. The first-order valence-electron chi connectivity index (χ1n) is 9.49. The van der Waals surface area contributed by atoms with E-state index in [4.69, 9.17) is 14.2 Å². The van der Waals surface area contributed by atoms with E-state index in [1.165, 1.54) is 19.1 Å². The highest BCUT2D eigenvalue weighted by atomic mass is 16.5. The lowest BCUT2D eigenvalue weighted by Gasteiger charge is -2.25. The Morgan fingerprint density at radius 3 is 2.33 bits per heavy atom. The first kappa shape index (κ1) is 21.4. The molecule has 0 saturated carbocycles. The average molecular weight is 411 g/mol. The summed E-state index contributed by atoms with van der Waals surface area (Å²) in [5.41, 5.74) is 1.94. The third kappa shape index (κ3) is 3.89. The zero-order valence-corrected chi connectivity index (χ0v) is 17.5. The molecule has 1 amide bonds. The first-order valence-corrected chi connectivity index (χ1v) is 9.49. The number of Topliss-reactive ketones (excluding diaryl/α,β-unsaturated/α-hetero) is 1. The van der Waals surface area contributed by atoms with Gasteiger partial charge in [-0.2, -0.15) is 0 Å². The van der Waals surface area contributed by atoms with Gasteiger partial charge in [0.25, 0.3) is 11.7 Å². The number of aliphatic hydroxyl groups excluding tert-OH is 1. The van der Waals surface area contributed by atoms with Crippen molar-refractivity contribution in [3.05, 3.63) is 64.7 Å². The van der Waals surface area contributed by atoms with Crippen LogP contribution in [0.15, 0.2) is 48.0 Å². The van der Waals surface area contributed by atoms with Crippen LogP contribution >= 0.6 is 0 Å². The highest BCUT2D eigenvalue weighted by Gasteiger charge is 2.46. The van der Waals surface area contributed by atoms with Crippen LogP contribution in [0, 0.1) is 6.92 Å². The van der Waals surface area contributed by atoms with Gasteiger partial charge in [-0.15, -0.1) is 0 Å². The molecule has 1 N–H and O–H groups in total. The normalized spacial score (nSPS) is 18.0. The van der Waals surface area contributed by atoms with Crippen LogP contribution in [0.2, 0.25) is 0 Å². The van der Waals surface area contributed by atoms with E-state index in [0.717, 1.165) is 5.56 Å². The van der Waals surface area contributed by atoms with Crippen LogP contribution in [0.1, 0.15) is 22.7 Å². The predicted octanol–water partition coefficient (Wildman–Crippen LogP) is 3.08. The largest absolute Gasteiger partial charge is 0.507 e. The van der Waals surface area contributed by atoms with Gasteiger partial charge in [-0.1, -0.05) is 23.8 Å². The minimum Gasteiger partial charge on any atom is -0.507 e. The number of hydrogen-bond donors (Lipinski definition) is 1. The highest BCUT2D eigenvalue weighted by Crippen LogP contribution is 2.41. The lowest BCUT2D eigenvalue weighted by molar-refractivity contribution is -0.140. The number of ketones is 1. The first-order chi connectivity index (χ1) is 14.4. The van der Waals surface area contributed by atoms with E-state index >= 15 is 0 Å². The fraction of sp³-hybridized carbons (Fsp3) is 0.304. The predicted molar refractivity (Wildman–Crippen MR) is 112 cm³/mol. The highest BCUT2D eigenvalue weighted by molar-refractivity contribution is 6.46. The molecular formula is C23H25NO6. The van der Waals surface area contributed by atoms with Crippen molar-refractivity contribution in [1.29, 1.82) is 0 Å². The quantitative estimate of drug-likeness (QED) is 0.428. The standard InChI is InChI=1S/C23H25NO6/c1-14-5-10-18(30-4)17(13-14)21(25)19-20(15-6-8-16(29-3)9-7-15)24(11-12-28-2)23(27)22(19)26/h5-10,13,20,25H,11-12H2,1-4H3/b21-19+. The second kappa shape index (κ2) is 9.00. The van der Waals surface area contributed by atoms with E-state index in [-0.39, 0.29) is 24.5 Å². The molecular weight excluding hydrogens is 386 g/mol. The summed E-state index contributed by atoms with van der Waals surface area (Å²) in [5.74, 6) is -0.633. The van der Waals surface area contributed by atoms with Gasteiger partial charge in [-0.05, 0) is 36.8 Å². The molecule has 7 heteroatoms. The van der Waals surface area contributed by atoms with Crippen molar-refractivity contribution >= 4 is 17.4 Å². The Labute approximate surface area is 175 Å². The van der Waals surface area contributed by atoms with Crippen molar-refractivity contribution in [2.45, 2.75) is 13.0 Å². The van der Waals surface area contributed by atoms with Gasteiger partial charge < -0.3 is 24.2 Å². The summed E-state index contributed by atoms with van der Waals surface area (Å²) in [4.78, 5) is 27.2. The number of methoxy groups -OCH3 is 3. The Hall–Kier alpha value is -3.32. The second-order valence-electron chi connectivity index (χ2n) is 6.96. The van der Waals surface area contributed by atoms with E-state index in [0.29, 0.717) is 22.6 Å². The number of nitrogens with zero attached hydrogens (tertiary/aromatic N) is 1. The van der Waals surface area contributed by atoms with Crippen molar-refractivity contribution < 1.29 is 28.9 Å². The molecule has 2 aromatic carbocycles. The molecule has 1 unspecified atom stereocenters. The second-order valence-corrected chi connectivity index (χ2v) is 6.96. The molecule has 1 aliphatic heterocycles. The SMILES string of the molecule is COCCN1C(=O)C(=O)/C(=C(/O)c2cc(C)ccc2OC)C1c1ccc(OC)cc1. The third-order valence-corrected chi connectivity index (χ3v) is 5.12. The van der Waals surface area contributed by atoms with Gasteiger partial charge in [-0.25, -0.2) is 0 Å². The monoisotopic (exact) mass is 411 g/mol. The summed E-state index contributed by atoms with van der Waals surface area (Å²) < 4.78 is 15.7. The smallest absolute Gasteiger partial charge is 0.295 e. The maximum atomic E-state index is 13.0. The molecule has 0 spiro atoms. The van der Waals surface area contributed by atoms with Crippen molar-refractivity contribution in [2.24, 2.45) is 0 Å². The van der Waals surface area contributed by atoms with Crippen molar-refractivity contribution in [3.8, 4) is 11.5 Å². The van der Waals surface area contributed by atoms with Gasteiger partial charge >= 0.3 is 0 Å². The number of rotatable bonds is 7. The summed E-state index contributed by atoms with van der Waals surface area (Å²) in [5, 5.41) is 11.2. The van der Waals surface area contributed by atoms with Gasteiger partial charge in [0.15, 0.2) is 0 Å². The lowest BCUT2D eigenvalue weighted by Crippen LogP contribution is -2.32. The van der Waals surface area contributed by atoms with E-state index in [1.54, 1.807) is 43.5 Å². The molecule has 7 nitrogen and oxygen atoms in total. The average Bonchev–Trinajstić information content (AvgIpc) is 3.01. The molecule has 1 heterocycles. The molecule has 1 fully saturated rings. The molecule has 0 aliphatic carbocycles. The van der Waals surface area contributed by atoms with E-state index in [2.05, 4.69) is 0 Å². The molecule has 1 atom stereocenters. The number of carbonyl (C=O) groups is 2. The van der Waals surface area contributed by atoms with Crippen molar-refractivity contribution in [3.63, 3.8) is 0 Å². The Kier molecular flexibility index (Phi) is 6.42. The topological polar surface area (TPSA) is 85.3 Å². The number of likely N-dealkylation sites (tertiary alicyclic amines) is 1. The number of carbonyl (C=O) groups excluding carboxylic acids is 2. The minimum absolute atomic E-state index is 0.0187. The molecule has 2 aromatic rings. The number of hydrogen-bond acceptors (Lipinski definition) is 6. The number of ether oxygens (including phenoxy) is 3. The van der Waals surface area contributed by atoms with E-state index in [1.807, 2.05) is 13.0 Å². The summed E-state index contributed by atoms with van der Waals surface area (Å²) in [7, 11) is 4.57. The van der Waals surface area contributed by atoms with Crippen LogP contribution in [0.25, 0.3) is 5.76 Å². The van der Waals surface area contributed by atoms with Crippen LogP contribution in [-0.4, -0.2) is 56.2 Å². The summed E-state index contributed by atoms with van der Waals surface area (Å²) in [6, 6.07) is 11.6. The number of aryl methyl sites for hydroxylation is 1. The Bertz CT molecular complexity index is 980. The molecule has 0 bridgehead atoms. The number of benzene rings is 2. The molecule has 3 rings (SSSR count). The summed E-state index contributed by atoms with van der Waals surface area (Å²) in [6.07, 6.45) is 0. The van der Waals surface area contributed by atoms with E-state index < -0.39 is 17.7 Å². The Morgan fingerprint density at radius 2 is 1.73 bits per heavy atom.